The Morgan fingerprint density at radius 1 is 1.20 bits per heavy atom. The fourth-order valence-corrected chi connectivity index (χ4v) is 4.21. The number of nitrogens with two attached hydrogens (primary N) is 1. The molecule has 25 heavy (non-hydrogen) atoms. The topological polar surface area (TPSA) is 59.4 Å². The molecule has 2 aromatic rings. The van der Waals surface area contributed by atoms with Crippen LogP contribution in [0.25, 0.3) is 0 Å². The van der Waals surface area contributed by atoms with Gasteiger partial charge in [0.05, 0.1) is 12.2 Å². The van der Waals surface area contributed by atoms with Crippen LogP contribution in [0.1, 0.15) is 42.9 Å². The van der Waals surface area contributed by atoms with Crippen molar-refractivity contribution >= 4 is 18.4 Å². The fourth-order valence-electron chi connectivity index (χ4n) is 4.21. The molecule has 1 saturated heterocycles. The second-order valence-corrected chi connectivity index (χ2v) is 7.00. The molecule has 1 aromatic heterocycles. The zero-order valence-electron chi connectivity index (χ0n) is 14.6. The largest absolute Gasteiger partial charge is 0.370 e. The van der Waals surface area contributed by atoms with Gasteiger partial charge in [-0.05, 0) is 43.2 Å². The molecule has 1 aromatic carbocycles. The number of halogens is 1. The van der Waals surface area contributed by atoms with Crippen LogP contribution in [-0.2, 0) is 13.5 Å². The third-order valence-electron chi connectivity index (χ3n) is 5.38. The summed E-state index contributed by atoms with van der Waals surface area (Å²) in [5, 5.41) is 4.26. The van der Waals surface area contributed by atoms with Crippen LogP contribution >= 0.6 is 12.4 Å². The van der Waals surface area contributed by atoms with Gasteiger partial charge < -0.3 is 10.6 Å². The van der Waals surface area contributed by atoms with Crippen LogP contribution in [0.4, 0.5) is 0 Å². The molecule has 0 saturated carbocycles. The highest BCUT2D eigenvalue weighted by Gasteiger charge is 2.39. The molecule has 3 atom stereocenters. The normalized spacial score (nSPS) is 25.2. The molecule has 0 radical (unpaired) electrons. The summed E-state index contributed by atoms with van der Waals surface area (Å²) in [6.07, 6.45) is 9.75. The van der Waals surface area contributed by atoms with E-state index in [-0.39, 0.29) is 18.4 Å². The first-order valence-electron chi connectivity index (χ1n) is 8.85. The number of aliphatic imine (C=N–C) groups is 1. The molecule has 2 aliphatic rings. The van der Waals surface area contributed by atoms with Crippen LogP contribution in [0.15, 0.2) is 47.7 Å². The lowest BCUT2D eigenvalue weighted by atomic mass is 9.97. The average molecular weight is 360 g/mol. The molecule has 3 heterocycles. The highest BCUT2D eigenvalue weighted by molar-refractivity contribution is 5.85. The lowest BCUT2D eigenvalue weighted by Gasteiger charge is -2.37. The number of nitrogens with zero attached hydrogens (tertiary/aromatic N) is 4. The van der Waals surface area contributed by atoms with E-state index in [2.05, 4.69) is 46.5 Å². The molecule has 0 bridgehead atoms. The van der Waals surface area contributed by atoms with Gasteiger partial charge in [-0.2, -0.15) is 5.10 Å². The van der Waals surface area contributed by atoms with E-state index in [4.69, 9.17) is 10.7 Å². The van der Waals surface area contributed by atoms with Gasteiger partial charge in [-0.3, -0.25) is 4.68 Å². The van der Waals surface area contributed by atoms with Crippen LogP contribution in [-0.4, -0.2) is 32.7 Å². The Labute approximate surface area is 155 Å². The standard InChI is InChI=1S/C19H25N5.ClH/c1-23-13-14(12-21-23)7-8-16-9-10-17-11-18(22-19(20)24(16)17)15-5-3-2-4-6-15;/h2-6,12-13,16-18H,7-11H2,1H3,(H2,20,22);1H/t16-,17+,18+;/m0./s1. The van der Waals surface area contributed by atoms with Crippen molar-refractivity contribution in [3.8, 4) is 0 Å². The van der Waals surface area contributed by atoms with E-state index in [9.17, 15) is 0 Å². The highest BCUT2D eigenvalue weighted by atomic mass is 35.5. The van der Waals surface area contributed by atoms with E-state index in [0.717, 1.165) is 25.2 Å². The quantitative estimate of drug-likeness (QED) is 0.912. The summed E-state index contributed by atoms with van der Waals surface area (Å²) in [6.45, 7) is 0. The second-order valence-electron chi connectivity index (χ2n) is 7.00. The number of aryl methyl sites for hydroxylation is 2. The van der Waals surface area contributed by atoms with Crippen molar-refractivity contribution in [3.05, 3.63) is 53.9 Å². The number of benzene rings is 1. The molecule has 5 nitrogen and oxygen atoms in total. The van der Waals surface area contributed by atoms with E-state index >= 15 is 0 Å². The SMILES string of the molecule is Cl.Cn1cc(CC[C@H]2CC[C@@H]3C[C@H](c4ccccc4)N=C(N)N23)cn1. The van der Waals surface area contributed by atoms with Gasteiger partial charge in [-0.25, -0.2) is 4.99 Å². The second kappa shape index (κ2) is 7.48. The van der Waals surface area contributed by atoms with Gasteiger partial charge in [-0.1, -0.05) is 30.3 Å². The molecule has 6 heteroatoms. The predicted octanol–water partition coefficient (Wildman–Crippen LogP) is 3.07. The van der Waals surface area contributed by atoms with Crippen LogP contribution < -0.4 is 5.73 Å². The number of hydrogen-bond acceptors (Lipinski definition) is 4. The molecular weight excluding hydrogens is 334 g/mol. The third-order valence-corrected chi connectivity index (χ3v) is 5.38. The van der Waals surface area contributed by atoms with Crippen molar-refractivity contribution in [3.63, 3.8) is 0 Å². The van der Waals surface area contributed by atoms with Crippen LogP contribution in [0, 0.1) is 0 Å². The number of rotatable bonds is 4. The van der Waals surface area contributed by atoms with Crippen molar-refractivity contribution in [2.45, 2.75) is 50.2 Å². The molecule has 134 valence electrons. The summed E-state index contributed by atoms with van der Waals surface area (Å²) >= 11 is 0. The Morgan fingerprint density at radius 3 is 2.72 bits per heavy atom. The molecule has 0 aliphatic carbocycles. The Hall–Kier alpha value is -2.01. The average Bonchev–Trinajstić information content (AvgIpc) is 3.20. The minimum atomic E-state index is 0. The van der Waals surface area contributed by atoms with Gasteiger partial charge in [0.25, 0.3) is 0 Å². The van der Waals surface area contributed by atoms with Crippen molar-refractivity contribution in [2.24, 2.45) is 17.8 Å². The van der Waals surface area contributed by atoms with Crippen LogP contribution in [0.5, 0.6) is 0 Å². The maximum atomic E-state index is 6.37. The number of guanidine groups is 1. The van der Waals surface area contributed by atoms with Gasteiger partial charge >= 0.3 is 0 Å². The zero-order chi connectivity index (χ0) is 16.5. The highest BCUT2D eigenvalue weighted by Crippen LogP contribution is 2.37. The Morgan fingerprint density at radius 2 is 2.00 bits per heavy atom. The predicted molar refractivity (Wildman–Crippen MR) is 103 cm³/mol. The molecule has 2 aliphatic heterocycles. The first-order chi connectivity index (χ1) is 11.7. The Kier molecular flexibility index (Phi) is 5.33. The van der Waals surface area contributed by atoms with Gasteiger partial charge in [0.15, 0.2) is 5.96 Å². The van der Waals surface area contributed by atoms with Gasteiger partial charge in [0, 0.05) is 25.3 Å². The summed E-state index contributed by atoms with van der Waals surface area (Å²) in [5.74, 6) is 0.730. The lowest BCUT2D eigenvalue weighted by Crippen LogP contribution is -2.48. The monoisotopic (exact) mass is 359 g/mol. The summed E-state index contributed by atoms with van der Waals surface area (Å²) in [5.41, 5.74) is 8.95. The van der Waals surface area contributed by atoms with Crippen molar-refractivity contribution < 1.29 is 0 Å². The summed E-state index contributed by atoms with van der Waals surface area (Å²) in [7, 11) is 1.97. The molecular formula is C19H26ClN5. The minimum absolute atomic E-state index is 0. The fraction of sp³-hybridized carbons (Fsp3) is 0.474. The van der Waals surface area contributed by atoms with Gasteiger partial charge in [-0.15, -0.1) is 12.4 Å². The molecule has 1 fully saturated rings. The Bertz CT molecular complexity index is 726. The number of fused-ring (bicyclic) bond motifs is 1. The van der Waals surface area contributed by atoms with E-state index in [1.54, 1.807) is 0 Å². The van der Waals surface area contributed by atoms with E-state index in [0.29, 0.717) is 12.1 Å². The minimum Gasteiger partial charge on any atom is -0.370 e. The Balaban J connectivity index is 0.00000182. The third kappa shape index (κ3) is 3.66. The van der Waals surface area contributed by atoms with E-state index in [1.807, 2.05) is 17.9 Å². The number of hydrogen-bond donors (Lipinski definition) is 1. The lowest BCUT2D eigenvalue weighted by molar-refractivity contribution is 0.256. The molecule has 4 rings (SSSR count). The maximum Gasteiger partial charge on any atom is 0.192 e. The molecule has 0 amide bonds. The smallest absolute Gasteiger partial charge is 0.192 e. The van der Waals surface area contributed by atoms with Gasteiger partial charge in [0.1, 0.15) is 0 Å². The molecule has 2 N–H and O–H groups in total. The van der Waals surface area contributed by atoms with Crippen molar-refractivity contribution in [1.29, 1.82) is 0 Å². The summed E-state index contributed by atoms with van der Waals surface area (Å²) in [6, 6.07) is 11.8. The summed E-state index contributed by atoms with van der Waals surface area (Å²) < 4.78 is 1.87. The van der Waals surface area contributed by atoms with Gasteiger partial charge in [0.2, 0.25) is 0 Å². The molecule has 0 spiro atoms. The number of aromatic nitrogens is 2. The summed E-state index contributed by atoms with van der Waals surface area (Å²) in [4.78, 5) is 7.19. The zero-order valence-corrected chi connectivity index (χ0v) is 15.4. The molecule has 0 unspecified atom stereocenters. The first kappa shape index (κ1) is 17.8. The maximum absolute atomic E-state index is 6.37. The van der Waals surface area contributed by atoms with E-state index in [1.165, 1.54) is 24.0 Å². The van der Waals surface area contributed by atoms with Crippen molar-refractivity contribution in [2.75, 3.05) is 0 Å². The van der Waals surface area contributed by atoms with Crippen LogP contribution in [0.3, 0.4) is 0 Å². The first-order valence-corrected chi connectivity index (χ1v) is 8.85. The van der Waals surface area contributed by atoms with E-state index < -0.39 is 0 Å². The van der Waals surface area contributed by atoms with Crippen LogP contribution in [0.2, 0.25) is 0 Å². The van der Waals surface area contributed by atoms with Crippen molar-refractivity contribution in [1.82, 2.24) is 14.7 Å².